The van der Waals surface area contributed by atoms with E-state index in [1.165, 1.54) is 12.1 Å². The van der Waals surface area contributed by atoms with E-state index < -0.39 is 59.9 Å². The Kier molecular flexibility index (Phi) is 14.4. The normalized spacial score (nSPS) is 21.3. The summed E-state index contributed by atoms with van der Waals surface area (Å²) in [5.41, 5.74) is 1.02. The zero-order valence-corrected chi connectivity index (χ0v) is 34.7. The molecule has 6 N–H and O–H groups in total. The molecule has 0 aliphatic heterocycles. The van der Waals surface area contributed by atoms with Crippen molar-refractivity contribution in [2.45, 2.75) is 138 Å². The zero-order valence-electron chi connectivity index (χ0n) is 33.9. The van der Waals surface area contributed by atoms with Crippen molar-refractivity contribution in [2.24, 2.45) is 0 Å². The van der Waals surface area contributed by atoms with Gasteiger partial charge in [0.05, 0.1) is 17.6 Å². The van der Waals surface area contributed by atoms with Gasteiger partial charge in [-0.3, -0.25) is 19.2 Å². The SMILES string of the molecule is O=C(NC(CCNC1C(=O)C(=O)C1NC1CCCCCC1)C(=O)NC1CCCCCC1)c1ccc(Nc2nc(NC3(c4ccc(Cl)cc4)CC3)nc(OCC(F)(F)F)n2)cc1. The number of aromatic nitrogens is 3. The summed E-state index contributed by atoms with van der Waals surface area (Å²) in [4.78, 5) is 65.1. The minimum Gasteiger partial charge on any atom is -0.454 e. The lowest BCUT2D eigenvalue weighted by Crippen LogP contribution is -2.71. The summed E-state index contributed by atoms with van der Waals surface area (Å²) in [7, 11) is 0. The van der Waals surface area contributed by atoms with E-state index in [0.29, 0.717) is 10.7 Å². The smallest absolute Gasteiger partial charge is 0.422 e. The Morgan fingerprint density at radius 2 is 1.39 bits per heavy atom. The van der Waals surface area contributed by atoms with Gasteiger partial charge in [0.25, 0.3) is 5.91 Å². The molecule has 2 amide bonds. The first-order valence-corrected chi connectivity index (χ1v) is 21.8. The van der Waals surface area contributed by atoms with E-state index in [9.17, 15) is 32.3 Å². The van der Waals surface area contributed by atoms with Gasteiger partial charge in [-0.25, -0.2) is 0 Å². The molecule has 328 valence electrons. The van der Waals surface area contributed by atoms with Crippen LogP contribution in [0.25, 0.3) is 0 Å². The maximum Gasteiger partial charge on any atom is 0.422 e. The number of benzene rings is 2. The van der Waals surface area contributed by atoms with Crippen molar-refractivity contribution in [3.05, 3.63) is 64.7 Å². The van der Waals surface area contributed by atoms with Crippen LogP contribution in [-0.4, -0.2) is 87.9 Å². The standard InChI is InChI=1S/C43H53ClF3N9O5/c44-28-17-15-27(16-18-28)42(22-23-42)56-40-53-39(54-41(55-40)61-25-43(45,46)47)51-31-19-13-26(14-20-31)37(59)52-32(38(60)50-30-11-7-3-4-8-12-30)21-24-48-33-34(36(58)35(33)57)49-29-9-5-1-2-6-10-29/h13-20,29-30,32-34,48-49H,1-12,21-25H2,(H,50,60)(H,52,59)(H2,51,53,54,55,56). The second-order valence-corrected chi connectivity index (χ2v) is 17.0. The van der Waals surface area contributed by atoms with Crippen molar-refractivity contribution < 1.29 is 37.1 Å². The summed E-state index contributed by atoms with van der Waals surface area (Å²) < 4.78 is 44.1. The fraction of sp³-hybridized carbons (Fsp3) is 0.558. The van der Waals surface area contributed by atoms with Gasteiger partial charge in [0.1, 0.15) is 6.04 Å². The van der Waals surface area contributed by atoms with Crippen LogP contribution in [0.5, 0.6) is 6.01 Å². The molecule has 3 aromatic rings. The summed E-state index contributed by atoms with van der Waals surface area (Å²) in [6.07, 6.45) is 9.33. The third kappa shape index (κ3) is 12.2. The molecule has 3 atom stereocenters. The molecule has 4 aliphatic carbocycles. The minimum atomic E-state index is -4.62. The van der Waals surface area contributed by atoms with Gasteiger partial charge >= 0.3 is 12.2 Å². The fourth-order valence-electron chi connectivity index (χ4n) is 8.32. The Bertz CT molecular complexity index is 2000. The number of ketones is 2. The van der Waals surface area contributed by atoms with Gasteiger partial charge in [-0.1, -0.05) is 75.1 Å². The van der Waals surface area contributed by atoms with Crippen LogP contribution in [0, 0.1) is 0 Å². The molecule has 14 nitrogen and oxygen atoms in total. The number of anilines is 3. The van der Waals surface area contributed by atoms with Crippen LogP contribution in [0.3, 0.4) is 0 Å². The van der Waals surface area contributed by atoms with Crippen molar-refractivity contribution >= 4 is 52.6 Å². The second kappa shape index (κ2) is 19.9. The number of rotatable bonds is 17. The number of amides is 2. The number of hydrogen-bond acceptors (Lipinski definition) is 12. The van der Waals surface area contributed by atoms with Gasteiger partial charge in [0.15, 0.2) is 6.61 Å². The van der Waals surface area contributed by atoms with Crippen molar-refractivity contribution in [3.8, 4) is 6.01 Å². The van der Waals surface area contributed by atoms with Crippen LogP contribution in [0.2, 0.25) is 5.02 Å². The molecule has 4 aliphatic rings. The molecule has 18 heteroatoms. The molecule has 2 aromatic carbocycles. The summed E-state index contributed by atoms with van der Waals surface area (Å²) in [5, 5.41) is 19.3. The number of ether oxygens (including phenoxy) is 1. The number of nitrogens with one attached hydrogen (secondary N) is 6. The predicted octanol–water partition coefficient (Wildman–Crippen LogP) is 6.43. The van der Waals surface area contributed by atoms with Crippen LogP contribution in [0.15, 0.2) is 48.5 Å². The predicted molar refractivity (Wildman–Crippen MR) is 223 cm³/mol. The molecule has 4 saturated carbocycles. The molecule has 3 unspecified atom stereocenters. The highest BCUT2D eigenvalue weighted by Gasteiger charge is 2.49. The number of Topliss-reactive ketones (excluding diaryl/α,β-unsaturated/α-hetero) is 2. The first-order valence-electron chi connectivity index (χ1n) is 21.4. The third-order valence-corrected chi connectivity index (χ3v) is 12.2. The Balaban J connectivity index is 1.01. The lowest BCUT2D eigenvalue weighted by atomic mass is 9.82. The molecule has 0 bridgehead atoms. The molecular formula is C43H53ClF3N9O5. The van der Waals surface area contributed by atoms with E-state index in [1.807, 2.05) is 12.1 Å². The average Bonchev–Trinajstić information content (AvgIpc) is 4.09. The Labute approximate surface area is 357 Å². The number of hydrogen-bond donors (Lipinski definition) is 6. The van der Waals surface area contributed by atoms with Crippen molar-refractivity contribution in [2.75, 3.05) is 23.8 Å². The molecule has 7 rings (SSSR count). The third-order valence-electron chi connectivity index (χ3n) is 11.9. The van der Waals surface area contributed by atoms with Crippen molar-refractivity contribution in [3.63, 3.8) is 0 Å². The summed E-state index contributed by atoms with van der Waals surface area (Å²) in [6.45, 7) is -1.40. The maximum atomic E-state index is 13.7. The molecule has 4 fully saturated rings. The van der Waals surface area contributed by atoms with E-state index in [0.717, 1.165) is 95.5 Å². The Hall–Kier alpha value is -4.87. The first kappa shape index (κ1) is 44.2. The van der Waals surface area contributed by atoms with Crippen molar-refractivity contribution in [1.82, 2.24) is 36.2 Å². The van der Waals surface area contributed by atoms with Gasteiger partial charge in [0, 0.05) is 28.4 Å². The van der Waals surface area contributed by atoms with E-state index >= 15 is 0 Å². The first-order chi connectivity index (χ1) is 29.3. The molecule has 0 spiro atoms. The van der Waals surface area contributed by atoms with Gasteiger partial charge in [-0.15, -0.1) is 0 Å². The van der Waals surface area contributed by atoms with Crippen molar-refractivity contribution in [1.29, 1.82) is 0 Å². The largest absolute Gasteiger partial charge is 0.454 e. The second-order valence-electron chi connectivity index (χ2n) is 16.6. The monoisotopic (exact) mass is 867 g/mol. The lowest BCUT2D eigenvalue weighted by molar-refractivity contribution is -0.154. The van der Waals surface area contributed by atoms with E-state index in [-0.39, 0.29) is 48.4 Å². The molecule has 0 saturated heterocycles. The summed E-state index contributed by atoms with van der Waals surface area (Å²) in [5.74, 6) is -1.85. The molecule has 61 heavy (non-hydrogen) atoms. The topological polar surface area (TPSA) is 188 Å². The number of carbonyl (C=O) groups is 4. The summed E-state index contributed by atoms with van der Waals surface area (Å²) in [6, 6.07) is 10.8. The van der Waals surface area contributed by atoms with Crippen LogP contribution < -0.4 is 36.6 Å². The van der Waals surface area contributed by atoms with Crippen LogP contribution in [0.1, 0.15) is 112 Å². The summed E-state index contributed by atoms with van der Waals surface area (Å²) >= 11 is 6.07. The van der Waals surface area contributed by atoms with Crippen LogP contribution in [-0.2, 0) is 19.9 Å². The van der Waals surface area contributed by atoms with Gasteiger partial charge in [0.2, 0.25) is 29.4 Å². The Morgan fingerprint density at radius 3 is 2.02 bits per heavy atom. The maximum absolute atomic E-state index is 13.7. The number of carbonyl (C=O) groups excluding carboxylic acids is 4. The quantitative estimate of drug-likeness (QED) is 0.0646. The van der Waals surface area contributed by atoms with E-state index in [1.54, 1.807) is 24.3 Å². The molecule has 1 heterocycles. The molecular weight excluding hydrogens is 815 g/mol. The van der Waals surface area contributed by atoms with Gasteiger partial charge < -0.3 is 36.6 Å². The molecule has 0 radical (unpaired) electrons. The van der Waals surface area contributed by atoms with E-state index in [4.69, 9.17) is 16.3 Å². The Morgan fingerprint density at radius 1 is 0.787 bits per heavy atom. The minimum absolute atomic E-state index is 0.000433. The lowest BCUT2D eigenvalue weighted by Gasteiger charge is -2.37. The highest BCUT2D eigenvalue weighted by atomic mass is 35.5. The van der Waals surface area contributed by atoms with Gasteiger partial charge in [-0.2, -0.15) is 28.1 Å². The highest BCUT2D eigenvalue weighted by molar-refractivity contribution is 6.49. The number of halogens is 4. The van der Waals surface area contributed by atoms with Crippen LogP contribution >= 0.6 is 11.6 Å². The highest BCUT2D eigenvalue weighted by Crippen LogP contribution is 2.48. The number of nitrogens with zero attached hydrogens (tertiary/aromatic N) is 3. The zero-order chi connectivity index (χ0) is 43.0. The fourth-order valence-corrected chi connectivity index (χ4v) is 8.45. The molecule has 1 aromatic heterocycles. The average molecular weight is 868 g/mol. The number of alkyl halides is 3. The van der Waals surface area contributed by atoms with E-state index in [2.05, 4.69) is 46.9 Å². The van der Waals surface area contributed by atoms with Crippen LogP contribution in [0.4, 0.5) is 30.8 Å². The van der Waals surface area contributed by atoms with Gasteiger partial charge in [-0.05, 0) is 93.5 Å².